The molecule has 0 aliphatic carbocycles. The molecule has 0 aliphatic rings. The Balaban J connectivity index is 2.45. The lowest BCUT2D eigenvalue weighted by Gasteiger charge is -2.09. The zero-order chi connectivity index (χ0) is 16.4. The van der Waals surface area contributed by atoms with Crippen LogP contribution >= 0.6 is 22.6 Å². The molecule has 0 amide bonds. The highest BCUT2D eigenvalue weighted by atomic mass is 127. The fraction of sp³-hybridized carbons (Fsp3) is 0. The van der Waals surface area contributed by atoms with E-state index in [0.29, 0.717) is 15.7 Å². The van der Waals surface area contributed by atoms with Crippen LogP contribution in [0.15, 0.2) is 30.3 Å². The van der Waals surface area contributed by atoms with Gasteiger partial charge < -0.3 is 4.74 Å². The Bertz CT molecular complexity index is 761. The van der Waals surface area contributed by atoms with Crippen LogP contribution in [-0.4, -0.2) is 9.85 Å². The molecule has 0 atom stereocenters. The van der Waals surface area contributed by atoms with E-state index >= 15 is 0 Å². The van der Waals surface area contributed by atoms with Gasteiger partial charge >= 0.3 is 0 Å². The third kappa shape index (κ3) is 3.27. The Kier molecular flexibility index (Phi) is 4.49. The molecule has 0 spiro atoms. The van der Waals surface area contributed by atoms with Crippen molar-refractivity contribution in [1.29, 1.82) is 0 Å². The van der Waals surface area contributed by atoms with Crippen molar-refractivity contribution in [3.8, 4) is 11.5 Å². The summed E-state index contributed by atoms with van der Waals surface area (Å²) in [5.74, 6) is -3.58. The summed E-state index contributed by atoms with van der Waals surface area (Å²) in [5, 5.41) is 21.2. The lowest BCUT2D eigenvalue weighted by Crippen LogP contribution is -1.98. The highest BCUT2D eigenvalue weighted by Gasteiger charge is 2.20. The van der Waals surface area contributed by atoms with Gasteiger partial charge in [0.15, 0.2) is 17.4 Å². The van der Waals surface area contributed by atoms with Gasteiger partial charge in [-0.05, 0) is 28.7 Å². The maximum absolute atomic E-state index is 13.7. The standard InChI is InChI=1S/C12H5F2IN2O5/c13-8-3-7(17(20)21)4-9(14)12(8)22-11-5-6(16(18)19)1-2-10(11)15/h1-5H. The van der Waals surface area contributed by atoms with E-state index in [4.69, 9.17) is 4.74 Å². The molecule has 0 saturated carbocycles. The number of rotatable bonds is 4. The molecule has 0 N–H and O–H groups in total. The molecular formula is C12H5F2IN2O5. The topological polar surface area (TPSA) is 95.5 Å². The number of ether oxygens (including phenoxy) is 1. The molecule has 0 unspecified atom stereocenters. The smallest absolute Gasteiger partial charge is 0.275 e. The van der Waals surface area contributed by atoms with E-state index in [0.717, 1.165) is 6.07 Å². The Morgan fingerprint density at radius 3 is 2.00 bits per heavy atom. The molecule has 0 aliphatic heterocycles. The molecular weight excluding hydrogens is 417 g/mol. The SMILES string of the molecule is O=[N+]([O-])c1cc(F)c(Oc2cc([N+](=O)[O-])ccc2I)c(F)c1. The van der Waals surface area contributed by atoms with E-state index in [1.54, 1.807) is 22.6 Å². The first kappa shape index (κ1) is 16.0. The Hall–Kier alpha value is -2.37. The van der Waals surface area contributed by atoms with Crippen molar-refractivity contribution >= 4 is 34.0 Å². The van der Waals surface area contributed by atoms with Gasteiger partial charge in [-0.3, -0.25) is 20.2 Å². The van der Waals surface area contributed by atoms with Crippen LogP contribution in [0, 0.1) is 35.4 Å². The molecule has 0 heterocycles. The molecule has 114 valence electrons. The number of nitro groups is 2. The summed E-state index contributed by atoms with van der Waals surface area (Å²) < 4.78 is 32.9. The number of non-ortho nitro benzene ring substituents is 2. The van der Waals surface area contributed by atoms with Crippen LogP contribution < -0.4 is 4.74 Å². The summed E-state index contributed by atoms with van der Waals surface area (Å²) in [6, 6.07) is 4.56. The van der Waals surface area contributed by atoms with E-state index in [9.17, 15) is 29.0 Å². The van der Waals surface area contributed by atoms with Crippen molar-refractivity contribution in [2.24, 2.45) is 0 Å². The van der Waals surface area contributed by atoms with Crippen LogP contribution in [0.25, 0.3) is 0 Å². The minimum absolute atomic E-state index is 0.138. The molecule has 0 saturated heterocycles. The quantitative estimate of drug-likeness (QED) is 0.419. The molecule has 0 aromatic heterocycles. The summed E-state index contributed by atoms with van der Waals surface area (Å²) in [5.41, 5.74) is -1.09. The maximum Gasteiger partial charge on any atom is 0.275 e. The van der Waals surface area contributed by atoms with E-state index < -0.39 is 32.9 Å². The van der Waals surface area contributed by atoms with Gasteiger partial charge in [-0.25, -0.2) is 8.78 Å². The van der Waals surface area contributed by atoms with Gasteiger partial charge in [-0.15, -0.1) is 0 Å². The summed E-state index contributed by atoms with van der Waals surface area (Å²) in [6.07, 6.45) is 0. The van der Waals surface area contributed by atoms with Gasteiger partial charge in [0.1, 0.15) is 5.75 Å². The highest BCUT2D eigenvalue weighted by Crippen LogP contribution is 2.34. The number of benzene rings is 2. The molecule has 2 aromatic rings. The normalized spacial score (nSPS) is 10.3. The monoisotopic (exact) mass is 422 g/mol. The van der Waals surface area contributed by atoms with E-state index in [-0.39, 0.29) is 11.4 Å². The molecule has 0 fully saturated rings. The van der Waals surface area contributed by atoms with Crippen molar-refractivity contribution < 1.29 is 23.4 Å². The van der Waals surface area contributed by atoms with Crippen molar-refractivity contribution in [2.75, 3.05) is 0 Å². The molecule has 0 bridgehead atoms. The van der Waals surface area contributed by atoms with E-state index in [1.807, 2.05) is 0 Å². The average molecular weight is 422 g/mol. The summed E-state index contributed by atoms with van der Waals surface area (Å²) in [6.45, 7) is 0. The third-order valence-electron chi connectivity index (χ3n) is 2.53. The van der Waals surface area contributed by atoms with Crippen LogP contribution in [0.3, 0.4) is 0 Å². The molecule has 0 radical (unpaired) electrons. The fourth-order valence-corrected chi connectivity index (χ4v) is 1.99. The van der Waals surface area contributed by atoms with Crippen LogP contribution in [-0.2, 0) is 0 Å². The molecule has 2 aromatic carbocycles. The molecule has 2 rings (SSSR count). The van der Waals surface area contributed by atoms with Gasteiger partial charge in [-0.2, -0.15) is 0 Å². The van der Waals surface area contributed by atoms with Gasteiger partial charge in [-0.1, -0.05) is 0 Å². The number of nitro benzene ring substituents is 2. The van der Waals surface area contributed by atoms with Gasteiger partial charge in [0.2, 0.25) is 0 Å². The fourth-order valence-electron chi connectivity index (χ4n) is 1.54. The first-order chi connectivity index (χ1) is 10.3. The minimum atomic E-state index is -1.28. The number of hydrogen-bond donors (Lipinski definition) is 0. The van der Waals surface area contributed by atoms with Crippen molar-refractivity contribution in [1.82, 2.24) is 0 Å². The van der Waals surface area contributed by atoms with Gasteiger partial charge in [0.05, 0.1) is 31.6 Å². The zero-order valence-corrected chi connectivity index (χ0v) is 12.6. The van der Waals surface area contributed by atoms with Gasteiger partial charge in [0, 0.05) is 6.07 Å². The maximum atomic E-state index is 13.7. The van der Waals surface area contributed by atoms with E-state index in [1.165, 1.54) is 12.1 Å². The van der Waals surface area contributed by atoms with Crippen molar-refractivity contribution in [3.63, 3.8) is 0 Å². The van der Waals surface area contributed by atoms with Crippen LogP contribution in [0.5, 0.6) is 11.5 Å². The Morgan fingerprint density at radius 1 is 0.955 bits per heavy atom. The van der Waals surface area contributed by atoms with Gasteiger partial charge in [0.25, 0.3) is 11.4 Å². The van der Waals surface area contributed by atoms with Crippen molar-refractivity contribution in [3.05, 3.63) is 65.8 Å². The first-order valence-electron chi connectivity index (χ1n) is 5.55. The Morgan fingerprint density at radius 2 is 1.50 bits per heavy atom. The number of nitrogens with zero attached hydrogens (tertiary/aromatic N) is 2. The van der Waals surface area contributed by atoms with Crippen LogP contribution in [0.1, 0.15) is 0 Å². The zero-order valence-electron chi connectivity index (χ0n) is 10.5. The second-order valence-electron chi connectivity index (χ2n) is 3.97. The predicted molar refractivity (Wildman–Crippen MR) is 78.9 cm³/mol. The number of hydrogen-bond acceptors (Lipinski definition) is 5. The largest absolute Gasteiger partial charge is 0.450 e. The summed E-state index contributed by atoms with van der Waals surface area (Å²) in [4.78, 5) is 19.6. The lowest BCUT2D eigenvalue weighted by atomic mass is 10.2. The highest BCUT2D eigenvalue weighted by molar-refractivity contribution is 14.1. The molecule has 7 nitrogen and oxygen atoms in total. The average Bonchev–Trinajstić information content (AvgIpc) is 2.43. The van der Waals surface area contributed by atoms with E-state index in [2.05, 4.69) is 0 Å². The second kappa shape index (κ2) is 6.17. The molecule has 10 heteroatoms. The second-order valence-corrected chi connectivity index (χ2v) is 5.13. The molecule has 22 heavy (non-hydrogen) atoms. The van der Waals surface area contributed by atoms with Crippen LogP contribution in [0.2, 0.25) is 0 Å². The predicted octanol–water partition coefficient (Wildman–Crippen LogP) is 4.18. The van der Waals surface area contributed by atoms with Crippen LogP contribution in [0.4, 0.5) is 20.2 Å². The first-order valence-corrected chi connectivity index (χ1v) is 6.62. The minimum Gasteiger partial charge on any atom is -0.450 e. The summed E-state index contributed by atoms with van der Waals surface area (Å²) >= 11 is 1.77. The summed E-state index contributed by atoms with van der Waals surface area (Å²) in [7, 11) is 0. The third-order valence-corrected chi connectivity index (χ3v) is 3.42. The van der Waals surface area contributed by atoms with Crippen molar-refractivity contribution in [2.45, 2.75) is 0 Å². The Labute approximate surface area is 135 Å². The number of halogens is 3. The lowest BCUT2D eigenvalue weighted by molar-refractivity contribution is -0.385.